The van der Waals surface area contributed by atoms with E-state index in [1.54, 1.807) is 0 Å². The summed E-state index contributed by atoms with van der Waals surface area (Å²) >= 11 is 0. The lowest BCUT2D eigenvalue weighted by Crippen LogP contribution is -2.22. The minimum Gasteiger partial charge on any atom is -0.313 e. The number of nitrogens with zero attached hydrogens (tertiary/aromatic N) is 1. The van der Waals surface area contributed by atoms with Crippen molar-refractivity contribution in [2.24, 2.45) is 0 Å². The summed E-state index contributed by atoms with van der Waals surface area (Å²) in [6.07, 6.45) is 3.92. The van der Waals surface area contributed by atoms with E-state index in [-0.39, 0.29) is 6.04 Å². The number of hydrogen-bond donors (Lipinski definition) is 1. The molecule has 0 aromatic carbocycles. The quantitative estimate of drug-likeness (QED) is 0.450. The second-order valence-electron chi connectivity index (χ2n) is 1.79. The second-order valence-corrected chi connectivity index (χ2v) is 1.79. The van der Waals surface area contributed by atoms with E-state index in [0.29, 0.717) is 6.54 Å². The second kappa shape index (κ2) is 1.64. The number of rotatable bonds is 0. The van der Waals surface area contributed by atoms with Crippen molar-refractivity contribution < 1.29 is 5.21 Å². The molecule has 40 valence electrons. The predicted octanol–water partition coefficient (Wildman–Crippen LogP) is 0.636. The molecule has 1 N–H and O–H groups in total. The maximum Gasteiger partial charge on any atom is 0.0506 e. The largest absolute Gasteiger partial charge is 0.313 e. The van der Waals surface area contributed by atoms with E-state index in [1.807, 2.05) is 19.1 Å². The Morgan fingerprint density at radius 2 is 2.57 bits per heavy atom. The first-order valence-electron chi connectivity index (χ1n) is 2.43. The normalized spacial score (nSPS) is 32.0. The lowest BCUT2D eigenvalue weighted by molar-refractivity contribution is -0.0902. The fourth-order valence-electron chi connectivity index (χ4n) is 0.631. The van der Waals surface area contributed by atoms with Crippen LogP contribution in [0.3, 0.4) is 0 Å². The Bertz CT molecular complexity index is 90.1. The van der Waals surface area contributed by atoms with Crippen molar-refractivity contribution in [3.05, 3.63) is 12.2 Å². The predicted molar refractivity (Wildman–Crippen MR) is 27.1 cm³/mol. The number of hydrogen-bond acceptors (Lipinski definition) is 2. The number of hydroxylamine groups is 2. The van der Waals surface area contributed by atoms with Gasteiger partial charge in [0.15, 0.2) is 0 Å². The van der Waals surface area contributed by atoms with E-state index in [0.717, 1.165) is 0 Å². The molecule has 1 heterocycles. The highest BCUT2D eigenvalue weighted by Crippen LogP contribution is 2.02. The highest BCUT2D eigenvalue weighted by atomic mass is 16.5. The first-order valence-corrected chi connectivity index (χ1v) is 2.43. The molecule has 1 unspecified atom stereocenters. The van der Waals surface area contributed by atoms with Gasteiger partial charge in [-0.1, -0.05) is 12.2 Å². The van der Waals surface area contributed by atoms with E-state index in [2.05, 4.69) is 0 Å². The van der Waals surface area contributed by atoms with Crippen LogP contribution in [-0.2, 0) is 0 Å². The summed E-state index contributed by atoms with van der Waals surface area (Å²) in [5.74, 6) is 0. The van der Waals surface area contributed by atoms with Gasteiger partial charge in [-0.2, -0.15) is 5.06 Å². The summed E-state index contributed by atoms with van der Waals surface area (Å²) in [5, 5.41) is 10.1. The molecule has 0 amide bonds. The van der Waals surface area contributed by atoms with Crippen molar-refractivity contribution in [3.8, 4) is 0 Å². The summed E-state index contributed by atoms with van der Waals surface area (Å²) in [7, 11) is 0. The van der Waals surface area contributed by atoms with E-state index < -0.39 is 0 Å². The minimum atomic E-state index is 0.222. The molecule has 1 rings (SSSR count). The van der Waals surface area contributed by atoms with Gasteiger partial charge in [0.25, 0.3) is 0 Å². The molecule has 2 heteroatoms. The van der Waals surface area contributed by atoms with Crippen molar-refractivity contribution in [2.75, 3.05) is 6.54 Å². The summed E-state index contributed by atoms with van der Waals surface area (Å²) in [4.78, 5) is 0. The molecular formula is C5H9NO. The van der Waals surface area contributed by atoms with Crippen molar-refractivity contribution in [1.29, 1.82) is 0 Å². The van der Waals surface area contributed by atoms with Crippen LogP contribution in [0.2, 0.25) is 0 Å². The summed E-state index contributed by atoms with van der Waals surface area (Å²) < 4.78 is 0. The molecule has 0 bridgehead atoms. The fourth-order valence-corrected chi connectivity index (χ4v) is 0.631. The average molecular weight is 99.1 g/mol. The standard InChI is InChI=1S/C5H9NO/c1-5-3-2-4-6(5)7/h2-3,5,7H,4H2,1H3. The molecule has 0 saturated carbocycles. The van der Waals surface area contributed by atoms with Gasteiger partial charge in [-0.15, -0.1) is 0 Å². The highest BCUT2D eigenvalue weighted by Gasteiger charge is 2.09. The first-order chi connectivity index (χ1) is 3.30. The van der Waals surface area contributed by atoms with E-state index >= 15 is 0 Å². The summed E-state index contributed by atoms with van der Waals surface area (Å²) in [5.41, 5.74) is 0. The fraction of sp³-hybridized carbons (Fsp3) is 0.600. The highest BCUT2D eigenvalue weighted by molar-refractivity contribution is 4.98. The van der Waals surface area contributed by atoms with Crippen LogP contribution >= 0.6 is 0 Å². The Kier molecular flexibility index (Phi) is 1.13. The monoisotopic (exact) mass is 99.1 g/mol. The SMILES string of the molecule is CC1C=CCN1O. The molecule has 0 aliphatic carbocycles. The molecular weight excluding hydrogens is 90.1 g/mol. The van der Waals surface area contributed by atoms with Gasteiger partial charge in [0.05, 0.1) is 6.04 Å². The van der Waals surface area contributed by atoms with Crippen molar-refractivity contribution >= 4 is 0 Å². The maximum absolute atomic E-state index is 8.77. The van der Waals surface area contributed by atoms with Crippen molar-refractivity contribution in [1.82, 2.24) is 5.06 Å². The lowest BCUT2D eigenvalue weighted by atomic mass is 10.4. The summed E-state index contributed by atoms with van der Waals surface area (Å²) in [6, 6.07) is 0.222. The Morgan fingerprint density at radius 1 is 1.86 bits per heavy atom. The van der Waals surface area contributed by atoms with Crippen LogP contribution in [0, 0.1) is 0 Å². The van der Waals surface area contributed by atoms with Crippen LogP contribution in [0.4, 0.5) is 0 Å². The van der Waals surface area contributed by atoms with Crippen molar-refractivity contribution in [2.45, 2.75) is 13.0 Å². The van der Waals surface area contributed by atoms with Gasteiger partial charge in [0.2, 0.25) is 0 Å². The van der Waals surface area contributed by atoms with Crippen LogP contribution in [0.5, 0.6) is 0 Å². The van der Waals surface area contributed by atoms with Gasteiger partial charge in [0.1, 0.15) is 0 Å². The van der Waals surface area contributed by atoms with Gasteiger partial charge in [-0.25, -0.2) is 0 Å². The molecule has 1 aliphatic rings. The zero-order valence-electron chi connectivity index (χ0n) is 4.33. The lowest BCUT2D eigenvalue weighted by Gasteiger charge is -2.09. The van der Waals surface area contributed by atoms with Gasteiger partial charge < -0.3 is 5.21 Å². The van der Waals surface area contributed by atoms with Crippen LogP contribution in [0.1, 0.15) is 6.92 Å². The third-order valence-corrected chi connectivity index (χ3v) is 1.18. The zero-order valence-corrected chi connectivity index (χ0v) is 4.33. The van der Waals surface area contributed by atoms with Crippen LogP contribution in [0.25, 0.3) is 0 Å². The Labute approximate surface area is 43.0 Å². The van der Waals surface area contributed by atoms with Gasteiger partial charge >= 0.3 is 0 Å². The van der Waals surface area contributed by atoms with E-state index in [4.69, 9.17) is 5.21 Å². The van der Waals surface area contributed by atoms with Gasteiger partial charge in [0, 0.05) is 6.54 Å². The van der Waals surface area contributed by atoms with Gasteiger partial charge in [-0.05, 0) is 6.92 Å². The van der Waals surface area contributed by atoms with E-state index in [1.165, 1.54) is 5.06 Å². The molecule has 0 aromatic rings. The molecule has 1 aliphatic heterocycles. The Hall–Kier alpha value is -0.340. The molecule has 0 spiro atoms. The van der Waals surface area contributed by atoms with E-state index in [9.17, 15) is 0 Å². The topological polar surface area (TPSA) is 23.5 Å². The average Bonchev–Trinajstić information content (AvgIpc) is 1.91. The Balaban J connectivity index is 2.45. The van der Waals surface area contributed by atoms with Crippen molar-refractivity contribution in [3.63, 3.8) is 0 Å². The molecule has 0 radical (unpaired) electrons. The van der Waals surface area contributed by atoms with Crippen LogP contribution in [0.15, 0.2) is 12.2 Å². The Morgan fingerprint density at radius 3 is 2.71 bits per heavy atom. The minimum absolute atomic E-state index is 0.222. The van der Waals surface area contributed by atoms with Crippen LogP contribution < -0.4 is 0 Å². The third-order valence-electron chi connectivity index (χ3n) is 1.18. The maximum atomic E-state index is 8.77. The van der Waals surface area contributed by atoms with Gasteiger partial charge in [-0.3, -0.25) is 0 Å². The molecule has 0 aromatic heterocycles. The third kappa shape index (κ3) is 0.813. The van der Waals surface area contributed by atoms with Crippen LogP contribution in [-0.4, -0.2) is 22.9 Å². The smallest absolute Gasteiger partial charge is 0.0506 e. The molecule has 7 heavy (non-hydrogen) atoms. The summed E-state index contributed by atoms with van der Waals surface area (Å²) in [6.45, 7) is 2.63. The first kappa shape index (κ1) is 4.81. The zero-order chi connectivity index (χ0) is 5.28. The molecule has 1 atom stereocenters. The molecule has 0 saturated heterocycles. The molecule has 0 fully saturated rings. The molecule has 2 nitrogen and oxygen atoms in total.